The predicted octanol–water partition coefficient (Wildman–Crippen LogP) is 3.63. The SMILES string of the molecule is OCCC1CCCCN1Cc1ccc(Cl)c2cccnc12. The maximum atomic E-state index is 9.25. The first-order valence-corrected chi connectivity index (χ1v) is 8.04. The number of fused-ring (bicyclic) bond motifs is 1. The summed E-state index contributed by atoms with van der Waals surface area (Å²) in [5.74, 6) is 0. The number of nitrogens with zero attached hydrogens (tertiary/aromatic N) is 2. The quantitative estimate of drug-likeness (QED) is 0.937. The number of likely N-dealkylation sites (tertiary alicyclic amines) is 1. The third-order valence-electron chi connectivity index (χ3n) is 4.38. The maximum absolute atomic E-state index is 9.25. The van der Waals surface area contributed by atoms with Crippen molar-refractivity contribution in [2.24, 2.45) is 0 Å². The third kappa shape index (κ3) is 3.20. The number of aliphatic hydroxyl groups is 1. The number of piperidine rings is 1. The topological polar surface area (TPSA) is 36.4 Å². The average molecular weight is 305 g/mol. The van der Waals surface area contributed by atoms with Crippen molar-refractivity contribution >= 4 is 22.5 Å². The number of rotatable bonds is 4. The van der Waals surface area contributed by atoms with Crippen molar-refractivity contribution in [1.82, 2.24) is 9.88 Å². The lowest BCUT2D eigenvalue weighted by atomic mass is 9.98. The normalized spacial score (nSPS) is 20.0. The molecular weight excluding hydrogens is 284 g/mol. The predicted molar refractivity (Wildman–Crippen MR) is 86.5 cm³/mol. The zero-order valence-electron chi connectivity index (χ0n) is 12.1. The van der Waals surface area contributed by atoms with Crippen molar-refractivity contribution in [3.05, 3.63) is 41.0 Å². The van der Waals surface area contributed by atoms with Gasteiger partial charge < -0.3 is 5.11 Å². The second kappa shape index (κ2) is 6.73. The van der Waals surface area contributed by atoms with Gasteiger partial charge in [-0.05, 0) is 49.6 Å². The molecule has 1 aromatic carbocycles. The second-order valence-electron chi connectivity index (χ2n) is 5.74. The van der Waals surface area contributed by atoms with Gasteiger partial charge in [0, 0.05) is 35.8 Å². The van der Waals surface area contributed by atoms with E-state index in [1.807, 2.05) is 24.4 Å². The Kier molecular flexibility index (Phi) is 4.73. The van der Waals surface area contributed by atoms with Crippen LogP contribution in [0.25, 0.3) is 10.9 Å². The van der Waals surface area contributed by atoms with E-state index in [-0.39, 0.29) is 6.61 Å². The Morgan fingerprint density at radius 2 is 2.19 bits per heavy atom. The van der Waals surface area contributed by atoms with Crippen LogP contribution in [0.2, 0.25) is 5.02 Å². The molecule has 1 saturated heterocycles. The fourth-order valence-electron chi connectivity index (χ4n) is 3.29. The third-order valence-corrected chi connectivity index (χ3v) is 4.71. The lowest BCUT2D eigenvalue weighted by molar-refractivity contribution is 0.113. The highest BCUT2D eigenvalue weighted by Crippen LogP contribution is 2.28. The van der Waals surface area contributed by atoms with Gasteiger partial charge >= 0.3 is 0 Å². The van der Waals surface area contributed by atoms with Gasteiger partial charge in [0.1, 0.15) is 0 Å². The standard InChI is InChI=1S/C17H21ClN2O/c18-16-7-6-13(17-15(16)5-3-9-19-17)12-20-10-2-1-4-14(20)8-11-21/h3,5-7,9,14,21H,1-2,4,8,10-12H2. The molecule has 21 heavy (non-hydrogen) atoms. The first-order chi connectivity index (χ1) is 10.3. The Balaban J connectivity index is 1.88. The fourth-order valence-corrected chi connectivity index (χ4v) is 3.50. The van der Waals surface area contributed by atoms with Crippen LogP contribution in [0.5, 0.6) is 0 Å². The smallest absolute Gasteiger partial charge is 0.0761 e. The maximum Gasteiger partial charge on any atom is 0.0761 e. The summed E-state index contributed by atoms with van der Waals surface area (Å²) >= 11 is 6.26. The van der Waals surface area contributed by atoms with E-state index in [2.05, 4.69) is 16.0 Å². The molecular formula is C17H21ClN2O. The lowest BCUT2D eigenvalue weighted by Gasteiger charge is -2.35. The van der Waals surface area contributed by atoms with Crippen molar-refractivity contribution < 1.29 is 5.11 Å². The zero-order chi connectivity index (χ0) is 14.7. The molecule has 1 N–H and O–H groups in total. The van der Waals surface area contributed by atoms with Gasteiger partial charge in [-0.1, -0.05) is 24.1 Å². The molecule has 4 heteroatoms. The van der Waals surface area contributed by atoms with Gasteiger partial charge in [0.25, 0.3) is 0 Å². The van der Waals surface area contributed by atoms with E-state index in [9.17, 15) is 5.11 Å². The van der Waals surface area contributed by atoms with Crippen LogP contribution in [0.15, 0.2) is 30.5 Å². The number of hydrogen-bond acceptors (Lipinski definition) is 3. The minimum Gasteiger partial charge on any atom is -0.396 e. The molecule has 1 unspecified atom stereocenters. The minimum absolute atomic E-state index is 0.265. The molecule has 1 aliphatic rings. The summed E-state index contributed by atoms with van der Waals surface area (Å²) in [4.78, 5) is 7.00. The first-order valence-electron chi connectivity index (χ1n) is 7.66. The van der Waals surface area contributed by atoms with E-state index < -0.39 is 0 Å². The Morgan fingerprint density at radius 3 is 3.05 bits per heavy atom. The van der Waals surface area contributed by atoms with Crippen molar-refractivity contribution in [2.75, 3.05) is 13.2 Å². The van der Waals surface area contributed by atoms with Crippen LogP contribution < -0.4 is 0 Å². The van der Waals surface area contributed by atoms with E-state index in [1.54, 1.807) is 0 Å². The van der Waals surface area contributed by atoms with Gasteiger partial charge in [-0.2, -0.15) is 0 Å². The zero-order valence-corrected chi connectivity index (χ0v) is 12.9. The van der Waals surface area contributed by atoms with Gasteiger partial charge in [-0.25, -0.2) is 0 Å². The van der Waals surface area contributed by atoms with E-state index in [4.69, 9.17) is 11.6 Å². The molecule has 3 nitrogen and oxygen atoms in total. The minimum atomic E-state index is 0.265. The van der Waals surface area contributed by atoms with Gasteiger partial charge in [-0.15, -0.1) is 0 Å². The number of aliphatic hydroxyl groups excluding tert-OH is 1. The lowest BCUT2D eigenvalue weighted by Crippen LogP contribution is -2.39. The molecule has 3 rings (SSSR count). The van der Waals surface area contributed by atoms with Crippen molar-refractivity contribution in [1.29, 1.82) is 0 Å². The fraction of sp³-hybridized carbons (Fsp3) is 0.471. The highest BCUT2D eigenvalue weighted by atomic mass is 35.5. The Hall–Kier alpha value is -1.16. The van der Waals surface area contributed by atoms with Crippen LogP contribution in [-0.4, -0.2) is 34.2 Å². The van der Waals surface area contributed by atoms with Crippen molar-refractivity contribution in [2.45, 2.75) is 38.3 Å². The summed E-state index contributed by atoms with van der Waals surface area (Å²) < 4.78 is 0. The molecule has 112 valence electrons. The van der Waals surface area contributed by atoms with Gasteiger partial charge in [-0.3, -0.25) is 9.88 Å². The van der Waals surface area contributed by atoms with Crippen LogP contribution in [-0.2, 0) is 6.54 Å². The summed E-state index contributed by atoms with van der Waals surface area (Å²) in [5.41, 5.74) is 2.22. The Morgan fingerprint density at radius 1 is 1.29 bits per heavy atom. The molecule has 0 saturated carbocycles. The molecule has 1 fully saturated rings. The number of pyridine rings is 1. The molecule has 1 aromatic heterocycles. The Bertz CT molecular complexity index is 615. The summed E-state index contributed by atoms with van der Waals surface area (Å²) in [5, 5.41) is 11.0. The highest BCUT2D eigenvalue weighted by Gasteiger charge is 2.22. The number of halogens is 1. The van der Waals surface area contributed by atoms with E-state index >= 15 is 0 Å². The van der Waals surface area contributed by atoms with Crippen LogP contribution in [0.3, 0.4) is 0 Å². The van der Waals surface area contributed by atoms with Gasteiger partial charge in [0.15, 0.2) is 0 Å². The van der Waals surface area contributed by atoms with Crippen molar-refractivity contribution in [3.8, 4) is 0 Å². The van der Waals surface area contributed by atoms with E-state index in [1.165, 1.54) is 24.8 Å². The number of aromatic nitrogens is 1. The van der Waals surface area contributed by atoms with E-state index in [0.717, 1.165) is 35.4 Å². The first kappa shape index (κ1) is 14.8. The second-order valence-corrected chi connectivity index (χ2v) is 6.15. The molecule has 2 aromatic rings. The van der Waals surface area contributed by atoms with Gasteiger partial charge in [0.05, 0.1) is 5.52 Å². The summed E-state index contributed by atoms with van der Waals surface area (Å²) in [6.45, 7) is 2.25. The van der Waals surface area contributed by atoms with Crippen LogP contribution in [0.1, 0.15) is 31.2 Å². The molecule has 0 aliphatic carbocycles. The largest absolute Gasteiger partial charge is 0.396 e. The molecule has 1 aliphatic heterocycles. The molecule has 2 heterocycles. The number of hydrogen-bond donors (Lipinski definition) is 1. The summed E-state index contributed by atoms with van der Waals surface area (Å²) in [6, 6.07) is 8.48. The molecule has 0 spiro atoms. The molecule has 0 radical (unpaired) electrons. The summed E-state index contributed by atoms with van der Waals surface area (Å²) in [7, 11) is 0. The molecule has 0 bridgehead atoms. The van der Waals surface area contributed by atoms with Crippen LogP contribution in [0, 0.1) is 0 Å². The van der Waals surface area contributed by atoms with E-state index in [0.29, 0.717) is 6.04 Å². The highest BCUT2D eigenvalue weighted by molar-refractivity contribution is 6.35. The monoisotopic (exact) mass is 304 g/mol. The number of benzene rings is 1. The molecule has 0 amide bonds. The summed E-state index contributed by atoms with van der Waals surface area (Å²) in [6.07, 6.45) is 6.36. The Labute approximate surface area is 130 Å². The van der Waals surface area contributed by atoms with Crippen LogP contribution >= 0.6 is 11.6 Å². The van der Waals surface area contributed by atoms with Gasteiger partial charge in [0.2, 0.25) is 0 Å². The van der Waals surface area contributed by atoms with Crippen molar-refractivity contribution in [3.63, 3.8) is 0 Å². The molecule has 1 atom stereocenters. The average Bonchev–Trinajstić information content (AvgIpc) is 2.52. The van der Waals surface area contributed by atoms with Crippen LogP contribution in [0.4, 0.5) is 0 Å².